The molecule has 4 rings (SSSR count). The highest BCUT2D eigenvalue weighted by atomic mass is 35.5. The van der Waals surface area contributed by atoms with Crippen molar-refractivity contribution in [3.8, 4) is 0 Å². The van der Waals surface area contributed by atoms with Crippen LogP contribution in [-0.2, 0) is 14.3 Å². The third kappa shape index (κ3) is 2.91. The Morgan fingerprint density at radius 2 is 1.92 bits per heavy atom. The molecule has 2 aliphatic heterocycles. The summed E-state index contributed by atoms with van der Waals surface area (Å²) in [6, 6.07) is 15.1. The van der Waals surface area contributed by atoms with Gasteiger partial charge in [0.1, 0.15) is 6.61 Å². The molecule has 2 aromatic rings. The Hall–Kier alpha value is -2.24. The molecule has 4 nitrogen and oxygen atoms in total. The number of anilines is 1. The number of hydrogen-bond donors (Lipinski definition) is 0. The van der Waals surface area contributed by atoms with Gasteiger partial charge in [0, 0.05) is 22.3 Å². The summed E-state index contributed by atoms with van der Waals surface area (Å²) in [4.78, 5) is 28.1. The molecular formula is C20H16ClNO3S. The van der Waals surface area contributed by atoms with E-state index in [0.29, 0.717) is 22.0 Å². The minimum Gasteiger partial charge on any atom is -0.456 e. The van der Waals surface area contributed by atoms with Crippen LogP contribution in [0.3, 0.4) is 0 Å². The Balaban J connectivity index is 1.80. The van der Waals surface area contributed by atoms with Gasteiger partial charge in [0.05, 0.1) is 17.0 Å². The number of ether oxygens (including phenoxy) is 1. The zero-order chi connectivity index (χ0) is 18.3. The van der Waals surface area contributed by atoms with E-state index in [1.54, 1.807) is 34.9 Å². The summed E-state index contributed by atoms with van der Waals surface area (Å²) in [6.07, 6.45) is 2.23. The average Bonchev–Trinajstić information content (AvgIpc) is 3.02. The summed E-state index contributed by atoms with van der Waals surface area (Å²) in [5, 5.41) is 0.539. The monoisotopic (exact) mass is 385 g/mol. The van der Waals surface area contributed by atoms with Crippen molar-refractivity contribution in [2.45, 2.75) is 17.2 Å². The van der Waals surface area contributed by atoms with Gasteiger partial charge in [0.15, 0.2) is 0 Å². The third-order valence-corrected chi connectivity index (χ3v) is 5.68. The van der Waals surface area contributed by atoms with Crippen molar-refractivity contribution in [1.82, 2.24) is 0 Å². The molecule has 132 valence electrons. The van der Waals surface area contributed by atoms with Crippen molar-refractivity contribution in [1.29, 1.82) is 0 Å². The molecule has 0 spiro atoms. The van der Waals surface area contributed by atoms with Gasteiger partial charge >= 0.3 is 5.97 Å². The van der Waals surface area contributed by atoms with Gasteiger partial charge in [-0.05, 0) is 42.2 Å². The first-order valence-electron chi connectivity index (χ1n) is 8.21. The molecular weight excluding hydrogens is 370 g/mol. The number of esters is 1. The number of amides is 1. The minimum atomic E-state index is -0.349. The Kier molecular flexibility index (Phi) is 4.51. The van der Waals surface area contributed by atoms with Crippen LogP contribution in [-0.4, -0.2) is 24.7 Å². The van der Waals surface area contributed by atoms with E-state index in [9.17, 15) is 9.59 Å². The van der Waals surface area contributed by atoms with Crippen molar-refractivity contribution < 1.29 is 14.3 Å². The Morgan fingerprint density at radius 1 is 1.15 bits per heavy atom. The molecule has 0 fully saturated rings. The molecule has 6 heteroatoms. The number of halogens is 1. The van der Waals surface area contributed by atoms with E-state index in [4.69, 9.17) is 16.3 Å². The number of carbonyl (C=O) groups is 2. The summed E-state index contributed by atoms with van der Waals surface area (Å²) in [7, 11) is 0. The van der Waals surface area contributed by atoms with Crippen LogP contribution in [0, 0.1) is 0 Å². The van der Waals surface area contributed by atoms with Gasteiger partial charge in [-0.1, -0.05) is 29.8 Å². The first-order valence-corrected chi connectivity index (χ1v) is 9.81. The van der Waals surface area contributed by atoms with E-state index in [-0.39, 0.29) is 30.8 Å². The SMILES string of the molecule is CSc1ccc(C2CC(=O)N(c3cccc(Cl)c3)C3=C2C(=O)OC3)cc1. The molecule has 26 heavy (non-hydrogen) atoms. The van der Waals surface area contributed by atoms with Crippen LogP contribution < -0.4 is 4.90 Å². The van der Waals surface area contributed by atoms with Gasteiger partial charge in [0.25, 0.3) is 0 Å². The smallest absolute Gasteiger partial charge is 0.336 e. The van der Waals surface area contributed by atoms with Crippen molar-refractivity contribution >= 4 is 40.9 Å². The van der Waals surface area contributed by atoms with E-state index in [1.165, 1.54) is 0 Å². The van der Waals surface area contributed by atoms with Crippen molar-refractivity contribution in [3.05, 3.63) is 70.4 Å². The number of nitrogens with zero attached hydrogens (tertiary/aromatic N) is 1. The zero-order valence-electron chi connectivity index (χ0n) is 14.1. The van der Waals surface area contributed by atoms with Crippen LogP contribution in [0.4, 0.5) is 5.69 Å². The highest BCUT2D eigenvalue weighted by Crippen LogP contribution is 2.42. The molecule has 2 heterocycles. The predicted molar refractivity (Wildman–Crippen MR) is 103 cm³/mol. The minimum absolute atomic E-state index is 0.0664. The number of hydrogen-bond acceptors (Lipinski definition) is 4. The van der Waals surface area contributed by atoms with Crippen LogP contribution in [0.15, 0.2) is 64.7 Å². The van der Waals surface area contributed by atoms with E-state index in [1.807, 2.05) is 36.6 Å². The first-order chi connectivity index (χ1) is 12.6. The second kappa shape index (κ2) is 6.82. The van der Waals surface area contributed by atoms with Crippen LogP contribution >= 0.6 is 23.4 Å². The van der Waals surface area contributed by atoms with E-state index < -0.39 is 0 Å². The summed E-state index contributed by atoms with van der Waals surface area (Å²) in [6.45, 7) is 0.103. The van der Waals surface area contributed by atoms with E-state index in [2.05, 4.69) is 0 Å². The molecule has 0 bridgehead atoms. The molecule has 1 unspecified atom stereocenters. The molecule has 2 aliphatic rings. The molecule has 2 aromatic carbocycles. The van der Waals surface area contributed by atoms with Crippen LogP contribution in [0.2, 0.25) is 5.02 Å². The van der Waals surface area contributed by atoms with E-state index >= 15 is 0 Å². The number of rotatable bonds is 3. The van der Waals surface area contributed by atoms with Crippen LogP contribution in [0.1, 0.15) is 17.9 Å². The fraction of sp³-hybridized carbons (Fsp3) is 0.200. The second-order valence-corrected chi connectivity index (χ2v) is 7.49. The molecule has 1 amide bonds. The van der Waals surface area contributed by atoms with Gasteiger partial charge in [-0.3, -0.25) is 9.69 Å². The number of carbonyl (C=O) groups excluding carboxylic acids is 2. The van der Waals surface area contributed by atoms with E-state index in [0.717, 1.165) is 10.5 Å². The third-order valence-electron chi connectivity index (χ3n) is 4.70. The lowest BCUT2D eigenvalue weighted by Gasteiger charge is -2.32. The van der Waals surface area contributed by atoms with Crippen molar-refractivity contribution in [3.63, 3.8) is 0 Å². The highest BCUT2D eigenvalue weighted by Gasteiger charge is 2.42. The summed E-state index contributed by atoms with van der Waals surface area (Å²) >= 11 is 7.73. The number of thioether (sulfide) groups is 1. The molecule has 0 saturated heterocycles. The highest BCUT2D eigenvalue weighted by molar-refractivity contribution is 7.98. The summed E-state index contributed by atoms with van der Waals surface area (Å²) in [5.74, 6) is -0.694. The van der Waals surface area contributed by atoms with Crippen LogP contribution in [0.5, 0.6) is 0 Å². The fourth-order valence-corrected chi connectivity index (χ4v) is 4.08. The molecule has 0 N–H and O–H groups in total. The Bertz CT molecular complexity index is 923. The Morgan fingerprint density at radius 3 is 2.62 bits per heavy atom. The van der Waals surface area contributed by atoms with Gasteiger partial charge in [-0.2, -0.15) is 0 Å². The summed E-state index contributed by atoms with van der Waals surface area (Å²) < 4.78 is 5.28. The van der Waals surface area contributed by atoms with Gasteiger partial charge < -0.3 is 4.74 Å². The standard InChI is InChI=1S/C20H16ClNO3S/c1-26-15-7-5-12(6-8-15)16-10-18(23)22(14-4-2-3-13(21)9-14)17-11-25-20(24)19(16)17/h2-9,16H,10-11H2,1H3. The number of cyclic esters (lactones) is 1. The largest absolute Gasteiger partial charge is 0.456 e. The molecule has 0 saturated carbocycles. The first kappa shape index (κ1) is 17.2. The maximum absolute atomic E-state index is 12.9. The lowest BCUT2D eigenvalue weighted by Crippen LogP contribution is -2.37. The quantitative estimate of drug-likeness (QED) is 0.580. The Labute approximate surface area is 160 Å². The fourth-order valence-electron chi connectivity index (χ4n) is 3.49. The zero-order valence-corrected chi connectivity index (χ0v) is 15.6. The molecule has 0 aromatic heterocycles. The second-order valence-electron chi connectivity index (χ2n) is 6.18. The van der Waals surface area contributed by atoms with Crippen LogP contribution in [0.25, 0.3) is 0 Å². The van der Waals surface area contributed by atoms with Gasteiger partial charge in [-0.25, -0.2) is 4.79 Å². The van der Waals surface area contributed by atoms with Crippen molar-refractivity contribution in [2.75, 3.05) is 17.8 Å². The maximum Gasteiger partial charge on any atom is 0.336 e. The lowest BCUT2D eigenvalue weighted by molar-refractivity contribution is -0.136. The normalized spacial score (nSPS) is 19.6. The van der Waals surface area contributed by atoms with Crippen molar-refractivity contribution in [2.24, 2.45) is 0 Å². The molecule has 1 atom stereocenters. The topological polar surface area (TPSA) is 46.6 Å². The summed E-state index contributed by atoms with van der Waals surface area (Å²) in [5.41, 5.74) is 2.80. The average molecular weight is 386 g/mol. The number of benzene rings is 2. The molecule has 0 radical (unpaired) electrons. The lowest BCUT2D eigenvalue weighted by atomic mass is 9.84. The molecule has 0 aliphatic carbocycles. The van der Waals surface area contributed by atoms with Gasteiger partial charge in [-0.15, -0.1) is 11.8 Å². The predicted octanol–water partition coefficient (Wildman–Crippen LogP) is 4.39. The maximum atomic E-state index is 12.9. The van der Waals surface area contributed by atoms with Gasteiger partial charge in [0.2, 0.25) is 5.91 Å².